The summed E-state index contributed by atoms with van der Waals surface area (Å²) in [6, 6.07) is 6.43. The molecular formula is C71H89Cl4N9O18. The topological polar surface area (TPSA) is 407 Å². The van der Waals surface area contributed by atoms with E-state index in [1.54, 1.807) is 50.7 Å². The second-order valence-corrected chi connectivity index (χ2v) is 31.0. The van der Waals surface area contributed by atoms with E-state index in [-0.39, 0.29) is 104 Å². The number of Topliss-reactive ketones (excluding diaryl/α,β-unsaturated/α-hetero) is 3. The van der Waals surface area contributed by atoms with Crippen LogP contribution in [0.2, 0.25) is 15.1 Å². The van der Waals surface area contributed by atoms with Crippen molar-refractivity contribution < 1.29 is 86.3 Å². The van der Waals surface area contributed by atoms with E-state index in [0.29, 0.717) is 133 Å². The third kappa shape index (κ3) is 20.6. The number of fused-ring (bicyclic) bond motifs is 3. The van der Waals surface area contributed by atoms with Crippen LogP contribution in [0.25, 0.3) is 0 Å². The molecule has 0 atom stereocenters. The number of aromatic carboxylic acids is 1. The van der Waals surface area contributed by atoms with Gasteiger partial charge in [-0.05, 0) is 207 Å². The molecule has 102 heavy (non-hydrogen) atoms. The van der Waals surface area contributed by atoms with Gasteiger partial charge in [-0.25, -0.2) is 14.4 Å². The molecule has 3 aromatic rings. The van der Waals surface area contributed by atoms with Crippen LogP contribution in [-0.2, 0) is 91.3 Å². The zero-order valence-corrected chi connectivity index (χ0v) is 62.4. The molecule has 3 aliphatic heterocycles. The molecule has 31 heteroatoms. The molecule has 5 N–H and O–H groups in total. The van der Waals surface area contributed by atoms with E-state index in [1.165, 1.54) is 18.8 Å². The largest absolute Gasteiger partial charge is 0.478 e. The second kappa shape index (κ2) is 34.0. The third-order valence-corrected chi connectivity index (χ3v) is 19.7. The average molecular weight is 1500 g/mol. The van der Waals surface area contributed by atoms with Gasteiger partial charge in [0.05, 0.1) is 64.2 Å². The van der Waals surface area contributed by atoms with Crippen LogP contribution in [0.4, 0.5) is 0 Å². The van der Waals surface area contributed by atoms with Crippen molar-refractivity contribution in [1.82, 2.24) is 24.3 Å². The van der Waals surface area contributed by atoms with E-state index in [1.807, 2.05) is 20.8 Å². The SMILES string of the molecule is CC(C)(C)OC(=O)CC1CCC(C#N)(NC(=O)C(=O)c2c(Cl)c(C(=O)O)c3n2CCC3)CC1.CC(C)(C)OC(=O)CC1CCC(N)(C#N)CC1.COC(=O)c1c(Cl)c(C(=O)C(=O)Cl)n2c1CCC2.COC(=O)c1c(Cl)c(C(=O)C(=O)NC2(C#N)CCC(CC(=O)OC(C)(C)C)CC2)n2c1CCC2. The Labute approximate surface area is 611 Å². The second-order valence-electron chi connectivity index (χ2n) is 29.5. The molecule has 0 saturated heterocycles. The summed E-state index contributed by atoms with van der Waals surface area (Å²) < 4.78 is 30.1. The summed E-state index contributed by atoms with van der Waals surface area (Å²) in [5.41, 5.74) is 2.70. The number of ether oxygens (including phenoxy) is 5. The molecular weight excluding hydrogens is 1410 g/mol. The van der Waals surface area contributed by atoms with Crippen LogP contribution in [0.5, 0.6) is 0 Å². The minimum Gasteiger partial charge on any atom is -0.478 e. The summed E-state index contributed by atoms with van der Waals surface area (Å²) in [4.78, 5) is 146. The Balaban J connectivity index is 0.000000224. The Bertz CT molecular complexity index is 3930. The number of carbonyl (C=O) groups is 12. The maximum atomic E-state index is 13.1. The van der Waals surface area contributed by atoms with Gasteiger partial charge in [-0.1, -0.05) is 34.8 Å². The number of ketones is 3. The predicted octanol–water partition coefficient (Wildman–Crippen LogP) is 10.6. The highest BCUT2D eigenvalue weighted by atomic mass is 35.5. The molecule has 3 aliphatic carbocycles. The van der Waals surface area contributed by atoms with Crippen molar-refractivity contribution >= 4 is 117 Å². The molecule has 0 aromatic carbocycles. The third-order valence-electron chi connectivity index (χ3n) is 18.4. The van der Waals surface area contributed by atoms with Crippen molar-refractivity contribution in [3.05, 3.63) is 65.9 Å². The summed E-state index contributed by atoms with van der Waals surface area (Å²) in [6.45, 7) is 17.8. The summed E-state index contributed by atoms with van der Waals surface area (Å²) in [7, 11) is 2.45. The first-order valence-corrected chi connectivity index (χ1v) is 35.3. The number of aromatic nitrogens is 3. The van der Waals surface area contributed by atoms with E-state index in [4.69, 9.17) is 76.3 Å². The summed E-state index contributed by atoms with van der Waals surface area (Å²) >= 11 is 23.7. The molecule has 0 unspecified atom stereocenters. The summed E-state index contributed by atoms with van der Waals surface area (Å²) in [6.07, 6.45) is 11.0. The van der Waals surface area contributed by atoms with Crippen LogP contribution >= 0.6 is 46.4 Å². The number of nitrogens with one attached hydrogen (secondary N) is 2. The lowest BCUT2D eigenvalue weighted by molar-refractivity contribution is -0.157. The summed E-state index contributed by atoms with van der Waals surface area (Å²) in [5, 5.41) is 41.6. The van der Waals surface area contributed by atoms with Gasteiger partial charge < -0.3 is 58.9 Å². The normalized spacial score (nSPS) is 21.7. The van der Waals surface area contributed by atoms with Crippen molar-refractivity contribution in [2.45, 2.75) is 250 Å². The van der Waals surface area contributed by atoms with Crippen LogP contribution in [-0.4, -0.2) is 137 Å². The van der Waals surface area contributed by atoms with Crippen LogP contribution in [0.15, 0.2) is 0 Å². The van der Waals surface area contributed by atoms with Crippen LogP contribution in [0.1, 0.15) is 258 Å². The van der Waals surface area contributed by atoms with E-state index in [2.05, 4.69) is 33.6 Å². The number of nitrogens with two attached hydrogens (primary N) is 1. The molecule has 0 bridgehead atoms. The van der Waals surface area contributed by atoms with Gasteiger partial charge in [0.2, 0.25) is 0 Å². The van der Waals surface area contributed by atoms with Gasteiger partial charge >= 0.3 is 35.8 Å². The average Bonchev–Trinajstić information content (AvgIpc) is 1.65. The number of rotatable bonds is 17. The molecule has 6 heterocycles. The van der Waals surface area contributed by atoms with Crippen molar-refractivity contribution in [2.75, 3.05) is 14.2 Å². The lowest BCUT2D eigenvalue weighted by Crippen LogP contribution is -2.52. The molecule has 3 aromatic heterocycles. The van der Waals surface area contributed by atoms with Crippen molar-refractivity contribution in [3.8, 4) is 18.2 Å². The predicted molar refractivity (Wildman–Crippen MR) is 370 cm³/mol. The fraction of sp³-hybridized carbons (Fsp3) is 0.620. The lowest BCUT2D eigenvalue weighted by Gasteiger charge is -2.35. The molecule has 0 radical (unpaired) electrons. The number of carboxylic acid groups (broad SMARTS) is 1. The Morgan fingerprint density at radius 3 is 1.04 bits per heavy atom. The number of nitrogens with zero attached hydrogens (tertiary/aromatic N) is 6. The molecule has 2 amide bonds. The quantitative estimate of drug-likeness (QED) is 0.0321. The first-order chi connectivity index (χ1) is 47.5. The van der Waals surface area contributed by atoms with Crippen LogP contribution in [0, 0.1) is 51.7 Å². The van der Waals surface area contributed by atoms with Crippen LogP contribution < -0.4 is 16.4 Å². The minimum atomic E-state index is -1.25. The van der Waals surface area contributed by atoms with Gasteiger partial charge in [-0.3, -0.25) is 43.2 Å². The number of carbonyl (C=O) groups excluding carboxylic acids is 11. The van der Waals surface area contributed by atoms with Gasteiger partial charge in [-0.15, -0.1) is 0 Å². The van der Waals surface area contributed by atoms with Crippen molar-refractivity contribution in [3.63, 3.8) is 0 Å². The first kappa shape index (κ1) is 82.8. The van der Waals surface area contributed by atoms with Gasteiger partial charge in [0, 0.05) is 56.0 Å². The number of carboxylic acids is 1. The van der Waals surface area contributed by atoms with Crippen LogP contribution in [0.3, 0.4) is 0 Å². The maximum Gasteiger partial charge on any atom is 0.341 e. The van der Waals surface area contributed by atoms with Gasteiger partial charge in [0.15, 0.2) is 0 Å². The number of amides is 2. The first-order valence-electron chi connectivity index (χ1n) is 33.8. The fourth-order valence-electron chi connectivity index (χ4n) is 13.6. The molecule has 3 saturated carbocycles. The number of halogens is 4. The highest BCUT2D eigenvalue weighted by Crippen LogP contribution is 2.40. The van der Waals surface area contributed by atoms with E-state index in [0.717, 1.165) is 19.3 Å². The molecule has 554 valence electrons. The number of methoxy groups -OCH3 is 2. The molecule has 27 nitrogen and oxygen atoms in total. The van der Waals surface area contributed by atoms with Gasteiger partial charge in [0.1, 0.15) is 50.5 Å². The maximum absolute atomic E-state index is 13.1. The van der Waals surface area contributed by atoms with E-state index >= 15 is 0 Å². The standard InChI is InChI=1S/C24H30ClN3O6.C23H28ClN3O6.C13H22N2O2.C11H9Cl2NO4/c1-23(2,3)34-16(29)12-14-7-9-24(13-26,10-8-14)27-21(31)20(30)19-18(25)17(22(32)33-4)15-6-5-11-28(15)19;1-22(2,3)33-15(28)11-13-6-8-23(12-25,9-7-13)26-20(30)19(29)18-17(24)16(21(31)32)14-5-4-10-27(14)18;1-12(2,3)17-11(16)8-10-4-6-13(15,9-14)7-5-10;1-18-11(17)6-5-3-2-4-14(5)8(7(6)12)9(15)10(13)16/h14H,5-12H2,1-4H3,(H,27,31);13H,4-11H2,1-3H3,(H,26,30)(H,31,32);10H,4-8,15H2,1-3H3;2-4H2,1H3. The monoisotopic (exact) mass is 1500 g/mol. The minimum absolute atomic E-state index is 0.0235. The van der Waals surface area contributed by atoms with E-state index < -0.39 is 85.7 Å². The van der Waals surface area contributed by atoms with Gasteiger partial charge in [-0.2, -0.15) is 15.8 Å². The summed E-state index contributed by atoms with van der Waals surface area (Å²) in [5.74, 6) is -7.59. The highest BCUT2D eigenvalue weighted by molar-refractivity contribution is 6.83. The van der Waals surface area contributed by atoms with Crippen molar-refractivity contribution in [2.24, 2.45) is 23.5 Å². The Morgan fingerprint density at radius 2 is 0.775 bits per heavy atom. The molecule has 3 fully saturated rings. The Morgan fingerprint density at radius 1 is 0.490 bits per heavy atom. The molecule has 6 aliphatic rings. The molecule has 9 rings (SSSR count). The van der Waals surface area contributed by atoms with Gasteiger partial charge in [0.25, 0.3) is 34.4 Å². The number of nitriles is 3. The zero-order valence-electron chi connectivity index (χ0n) is 59.4. The smallest absolute Gasteiger partial charge is 0.341 e. The Hall–Kier alpha value is -8.13. The number of hydrogen-bond acceptors (Lipinski definition) is 21. The highest BCUT2D eigenvalue weighted by Gasteiger charge is 2.45. The number of hydrogen-bond donors (Lipinski definition) is 4. The molecule has 0 spiro atoms. The number of esters is 5. The zero-order chi connectivity index (χ0) is 76.4. The van der Waals surface area contributed by atoms with E-state index in [9.17, 15) is 73.2 Å². The Kier molecular flexibility index (Phi) is 27.6. The lowest BCUT2D eigenvalue weighted by atomic mass is 9.76. The van der Waals surface area contributed by atoms with Crippen molar-refractivity contribution in [1.29, 1.82) is 15.8 Å². The fourth-order valence-corrected chi connectivity index (χ4v) is 14.9.